The molecule has 1 aromatic carbocycles. The molecule has 3 heteroatoms. The molecule has 0 fully saturated rings. The quantitative estimate of drug-likeness (QED) is 0.691. The van der Waals surface area contributed by atoms with Gasteiger partial charge in [-0.15, -0.1) is 0 Å². The Morgan fingerprint density at radius 3 is 2.26 bits per heavy atom. The first-order valence-electron chi connectivity index (χ1n) is 7.30. The second-order valence-corrected chi connectivity index (χ2v) is 4.75. The molecule has 0 radical (unpaired) electrons. The topological polar surface area (TPSA) is 30.7 Å². The van der Waals surface area contributed by atoms with Crippen LogP contribution in [0, 0.1) is 0 Å². The average molecular weight is 264 g/mol. The van der Waals surface area contributed by atoms with Crippen LogP contribution in [0.1, 0.15) is 44.0 Å². The van der Waals surface area contributed by atoms with Crippen molar-refractivity contribution in [1.82, 2.24) is 0 Å². The van der Waals surface area contributed by atoms with E-state index in [-0.39, 0.29) is 5.78 Å². The molecule has 19 heavy (non-hydrogen) atoms. The molecule has 106 valence electrons. The van der Waals surface area contributed by atoms with Gasteiger partial charge in [-0.05, 0) is 44.5 Å². The summed E-state index contributed by atoms with van der Waals surface area (Å²) in [7, 11) is 0. The van der Waals surface area contributed by atoms with Gasteiger partial charge in [-0.2, -0.15) is 0 Å². The van der Waals surface area contributed by atoms with Crippen molar-refractivity contribution in [3.63, 3.8) is 0 Å². The van der Waals surface area contributed by atoms with Crippen molar-refractivity contribution in [2.45, 2.75) is 33.6 Å². The molecule has 0 saturated carbocycles. The number of carbonyl (C=O) groups is 1. The van der Waals surface area contributed by atoms with Crippen molar-refractivity contribution in [2.75, 3.05) is 26.2 Å². The van der Waals surface area contributed by atoms with Gasteiger partial charge in [-0.3, -0.25) is 4.79 Å². The van der Waals surface area contributed by atoms with E-state index in [9.17, 15) is 4.79 Å². The molecule has 0 saturated heterocycles. The van der Waals surface area contributed by atoms with Gasteiger partial charge in [-0.25, -0.2) is 0 Å². The third-order valence-electron chi connectivity index (χ3n) is 3.35. The summed E-state index contributed by atoms with van der Waals surface area (Å²) in [6, 6.07) is 7.50. The Hall–Kier alpha value is -1.35. The third kappa shape index (κ3) is 5.43. The highest BCUT2D eigenvalue weighted by Gasteiger charge is 2.10. The molecular weight excluding hydrogens is 238 g/mol. The molecule has 0 aromatic heterocycles. The van der Waals surface area contributed by atoms with Gasteiger partial charge in [0, 0.05) is 5.56 Å². The highest BCUT2D eigenvalue weighted by molar-refractivity contribution is 5.96. The van der Waals surface area contributed by atoms with Crippen LogP contribution < -0.4 is 9.64 Å². The number of Topliss-reactive ketones (excluding diaryl/α,β-unsaturated/α-hetero) is 1. The molecule has 0 atom stereocenters. The molecule has 0 aliphatic carbocycles. The molecule has 0 spiro atoms. The van der Waals surface area contributed by atoms with E-state index in [2.05, 4.69) is 20.8 Å². The summed E-state index contributed by atoms with van der Waals surface area (Å²) in [6.45, 7) is 10.2. The van der Waals surface area contributed by atoms with Crippen molar-refractivity contribution in [2.24, 2.45) is 0 Å². The number of carbonyl (C=O) groups excluding carboxylic acids is 1. The molecule has 0 unspecified atom stereocenters. The zero-order valence-electron chi connectivity index (χ0n) is 12.4. The number of hydrogen-bond acceptors (Lipinski definition) is 2. The Morgan fingerprint density at radius 1 is 1.11 bits per heavy atom. The minimum atomic E-state index is 0.224. The molecule has 1 aromatic rings. The predicted octanol–water partition coefficient (Wildman–Crippen LogP) is 1.97. The van der Waals surface area contributed by atoms with E-state index in [1.54, 1.807) is 0 Å². The van der Waals surface area contributed by atoms with E-state index in [1.165, 1.54) is 4.90 Å². The van der Waals surface area contributed by atoms with E-state index in [0.717, 1.165) is 44.0 Å². The van der Waals surface area contributed by atoms with Crippen LogP contribution >= 0.6 is 0 Å². The third-order valence-corrected chi connectivity index (χ3v) is 3.35. The smallest absolute Gasteiger partial charge is 0.168 e. The van der Waals surface area contributed by atoms with Crippen LogP contribution in [-0.2, 0) is 0 Å². The van der Waals surface area contributed by atoms with Gasteiger partial charge in [-0.1, -0.05) is 6.92 Å². The average Bonchev–Trinajstić information content (AvgIpc) is 2.46. The minimum Gasteiger partial charge on any atom is -0.494 e. The Morgan fingerprint density at radius 2 is 1.74 bits per heavy atom. The summed E-state index contributed by atoms with van der Waals surface area (Å²) in [5.41, 5.74) is 0.787. The first kappa shape index (κ1) is 15.7. The van der Waals surface area contributed by atoms with E-state index < -0.39 is 0 Å². The second-order valence-electron chi connectivity index (χ2n) is 4.75. The molecular formula is C16H26NO2+. The maximum absolute atomic E-state index is 12.1. The lowest BCUT2D eigenvalue weighted by Crippen LogP contribution is -3.11. The predicted molar refractivity (Wildman–Crippen MR) is 78.1 cm³/mol. The van der Waals surface area contributed by atoms with Crippen LogP contribution in [0.25, 0.3) is 0 Å². The maximum atomic E-state index is 12.1. The van der Waals surface area contributed by atoms with Crippen molar-refractivity contribution in [3.8, 4) is 5.75 Å². The van der Waals surface area contributed by atoms with Crippen LogP contribution in [-0.4, -0.2) is 32.0 Å². The summed E-state index contributed by atoms with van der Waals surface area (Å²) in [6.07, 6.45) is 1.61. The Kier molecular flexibility index (Phi) is 7.19. The van der Waals surface area contributed by atoms with Gasteiger partial charge in [0.2, 0.25) is 0 Å². The molecule has 0 aliphatic rings. The van der Waals surface area contributed by atoms with E-state index in [1.807, 2.05) is 24.3 Å². The summed E-state index contributed by atoms with van der Waals surface area (Å²) in [5.74, 6) is 1.06. The van der Waals surface area contributed by atoms with E-state index in [0.29, 0.717) is 6.42 Å². The Bertz CT molecular complexity index is 369. The number of benzene rings is 1. The van der Waals surface area contributed by atoms with Gasteiger partial charge < -0.3 is 9.64 Å². The largest absolute Gasteiger partial charge is 0.494 e. The summed E-state index contributed by atoms with van der Waals surface area (Å²) in [4.78, 5) is 13.5. The van der Waals surface area contributed by atoms with Crippen molar-refractivity contribution in [1.29, 1.82) is 0 Å². The van der Waals surface area contributed by atoms with Crippen molar-refractivity contribution < 1.29 is 14.4 Å². The highest BCUT2D eigenvalue weighted by atomic mass is 16.5. The number of hydrogen-bond donors (Lipinski definition) is 1. The van der Waals surface area contributed by atoms with E-state index in [4.69, 9.17) is 4.74 Å². The maximum Gasteiger partial charge on any atom is 0.168 e. The normalized spacial score (nSPS) is 10.7. The van der Waals surface area contributed by atoms with Crippen molar-refractivity contribution in [3.05, 3.63) is 29.8 Å². The van der Waals surface area contributed by atoms with Gasteiger partial charge >= 0.3 is 0 Å². The summed E-state index contributed by atoms with van der Waals surface area (Å²) >= 11 is 0. The van der Waals surface area contributed by atoms with Crippen LogP contribution in [0.2, 0.25) is 0 Å². The van der Waals surface area contributed by atoms with Crippen LogP contribution in [0.4, 0.5) is 0 Å². The van der Waals surface area contributed by atoms with Crippen molar-refractivity contribution >= 4 is 5.78 Å². The highest BCUT2D eigenvalue weighted by Crippen LogP contribution is 2.13. The Labute approximate surface area is 116 Å². The lowest BCUT2D eigenvalue weighted by atomic mass is 10.1. The molecule has 3 nitrogen and oxygen atoms in total. The zero-order valence-corrected chi connectivity index (χ0v) is 12.4. The van der Waals surface area contributed by atoms with Crippen LogP contribution in [0.15, 0.2) is 24.3 Å². The number of rotatable bonds is 9. The standard InChI is InChI=1S/C16H25NO2/c1-4-13-19-15-9-7-14(8-10-15)16(18)11-12-17(5-2)6-3/h7-10H,4-6,11-13H2,1-3H3/p+1. The van der Waals surface area contributed by atoms with Gasteiger partial charge in [0.1, 0.15) is 5.75 Å². The molecule has 0 heterocycles. The van der Waals surface area contributed by atoms with Gasteiger partial charge in [0.15, 0.2) is 5.78 Å². The summed E-state index contributed by atoms with van der Waals surface area (Å²) < 4.78 is 5.51. The SMILES string of the molecule is CCCOc1ccc(C(=O)CC[NH+](CC)CC)cc1. The number of ether oxygens (including phenoxy) is 1. The first-order valence-corrected chi connectivity index (χ1v) is 7.30. The fourth-order valence-electron chi connectivity index (χ4n) is 2.00. The van der Waals surface area contributed by atoms with Crippen LogP contribution in [0.5, 0.6) is 5.75 Å². The fraction of sp³-hybridized carbons (Fsp3) is 0.562. The molecule has 0 bridgehead atoms. The lowest BCUT2D eigenvalue weighted by molar-refractivity contribution is -0.895. The van der Waals surface area contributed by atoms with Gasteiger partial charge in [0.05, 0.1) is 32.7 Å². The van der Waals surface area contributed by atoms with Crippen LogP contribution in [0.3, 0.4) is 0 Å². The fourth-order valence-corrected chi connectivity index (χ4v) is 2.00. The molecule has 1 N–H and O–H groups in total. The van der Waals surface area contributed by atoms with E-state index >= 15 is 0 Å². The summed E-state index contributed by atoms with van der Waals surface area (Å²) in [5, 5.41) is 0. The molecule has 0 aliphatic heterocycles. The number of ketones is 1. The molecule has 1 rings (SSSR count). The van der Waals surface area contributed by atoms with Gasteiger partial charge in [0.25, 0.3) is 0 Å². The monoisotopic (exact) mass is 264 g/mol. The molecule has 0 amide bonds. The lowest BCUT2D eigenvalue weighted by Gasteiger charge is -2.14. The number of nitrogens with one attached hydrogen (secondary N) is 1. The zero-order chi connectivity index (χ0) is 14.1. The number of quaternary nitrogens is 1. The minimum absolute atomic E-state index is 0.224. The Balaban J connectivity index is 2.48. The first-order chi connectivity index (χ1) is 9.21. The second kappa shape index (κ2) is 8.70.